The van der Waals surface area contributed by atoms with Gasteiger partial charge in [-0.3, -0.25) is 14.4 Å². The van der Waals surface area contributed by atoms with Gasteiger partial charge >= 0.3 is 17.9 Å². The molecule has 0 aromatic heterocycles. The van der Waals surface area contributed by atoms with Crippen molar-refractivity contribution in [1.82, 2.24) is 0 Å². The molecule has 6 heteroatoms. The fourth-order valence-electron chi connectivity index (χ4n) is 9.42. The number of hydrogen-bond donors (Lipinski definition) is 0. The molecule has 76 heavy (non-hydrogen) atoms. The van der Waals surface area contributed by atoms with Crippen molar-refractivity contribution < 1.29 is 28.6 Å². The van der Waals surface area contributed by atoms with Crippen LogP contribution < -0.4 is 0 Å². The van der Waals surface area contributed by atoms with Crippen molar-refractivity contribution in [2.24, 2.45) is 0 Å². The Bertz CT molecular complexity index is 1400. The highest BCUT2D eigenvalue weighted by Crippen LogP contribution is 2.16. The standard InChI is InChI=1S/C70H124O6/c1-4-7-10-13-16-19-22-25-28-31-33-34-35-36-37-40-42-45-48-51-54-57-60-63-69(72)75-66-67(65-74-68(71)62-59-56-53-50-47-44-41-38-30-27-24-21-18-15-12-9-6-3)76-70(73)64-61-58-55-52-49-46-43-39-32-29-26-23-20-17-14-11-8-5-2/h18,20-23,25,27,29-33,67H,4-17,19,24,26,28,34-66H2,1-3H3/b21-18-,23-20-,25-22-,30-27-,32-29-,33-31-. The van der Waals surface area contributed by atoms with Crippen LogP contribution in [-0.4, -0.2) is 37.2 Å². The summed E-state index contributed by atoms with van der Waals surface area (Å²) < 4.78 is 17.0. The molecule has 0 spiro atoms. The van der Waals surface area contributed by atoms with Crippen LogP contribution in [-0.2, 0) is 28.6 Å². The van der Waals surface area contributed by atoms with Gasteiger partial charge in [0.25, 0.3) is 0 Å². The molecule has 0 saturated heterocycles. The van der Waals surface area contributed by atoms with E-state index in [9.17, 15) is 14.4 Å². The van der Waals surface area contributed by atoms with E-state index in [4.69, 9.17) is 14.2 Å². The Kier molecular flexibility index (Phi) is 61.7. The molecule has 0 aliphatic carbocycles. The molecule has 0 aromatic carbocycles. The number of rotatable bonds is 60. The molecule has 0 saturated carbocycles. The third-order valence-electron chi connectivity index (χ3n) is 14.4. The van der Waals surface area contributed by atoms with Gasteiger partial charge in [-0.25, -0.2) is 0 Å². The molecule has 0 aliphatic rings. The lowest BCUT2D eigenvalue weighted by molar-refractivity contribution is -0.167. The Morgan fingerprint density at radius 2 is 0.474 bits per heavy atom. The molecule has 0 bridgehead atoms. The Hall–Kier alpha value is -3.15. The van der Waals surface area contributed by atoms with Gasteiger partial charge in [-0.15, -0.1) is 0 Å². The molecule has 6 nitrogen and oxygen atoms in total. The number of carbonyl (C=O) groups is 3. The summed E-state index contributed by atoms with van der Waals surface area (Å²) in [4.78, 5) is 38.4. The summed E-state index contributed by atoms with van der Waals surface area (Å²) in [5, 5.41) is 0. The fourth-order valence-corrected chi connectivity index (χ4v) is 9.42. The summed E-state index contributed by atoms with van der Waals surface area (Å²) in [5.74, 6) is -0.883. The van der Waals surface area contributed by atoms with Crippen LogP contribution in [0.3, 0.4) is 0 Å². The molecule has 0 heterocycles. The molecule has 0 rings (SSSR count). The average Bonchev–Trinajstić information content (AvgIpc) is 3.42. The fraction of sp³-hybridized carbons (Fsp3) is 0.786. The summed E-state index contributed by atoms with van der Waals surface area (Å²) in [7, 11) is 0. The van der Waals surface area contributed by atoms with E-state index in [2.05, 4.69) is 93.7 Å². The minimum Gasteiger partial charge on any atom is -0.462 e. The van der Waals surface area contributed by atoms with Gasteiger partial charge in [0.2, 0.25) is 0 Å². The predicted molar refractivity (Wildman–Crippen MR) is 330 cm³/mol. The summed E-state index contributed by atoms with van der Waals surface area (Å²) in [6, 6.07) is 0. The lowest BCUT2D eigenvalue weighted by atomic mass is 10.0. The summed E-state index contributed by atoms with van der Waals surface area (Å²) in [5.41, 5.74) is 0. The zero-order valence-electron chi connectivity index (χ0n) is 50.5. The third kappa shape index (κ3) is 61.7. The largest absolute Gasteiger partial charge is 0.462 e. The van der Waals surface area contributed by atoms with Crippen molar-refractivity contribution in [3.05, 3.63) is 72.9 Å². The van der Waals surface area contributed by atoms with Gasteiger partial charge in [-0.05, 0) is 116 Å². The smallest absolute Gasteiger partial charge is 0.306 e. The van der Waals surface area contributed by atoms with E-state index in [1.807, 2.05) is 0 Å². The lowest BCUT2D eigenvalue weighted by Crippen LogP contribution is -2.30. The Labute approximate surface area is 472 Å². The van der Waals surface area contributed by atoms with Gasteiger partial charge < -0.3 is 14.2 Å². The monoisotopic (exact) mass is 1060 g/mol. The molecule has 0 aliphatic heterocycles. The summed E-state index contributed by atoms with van der Waals surface area (Å²) in [6.07, 6.45) is 83.3. The van der Waals surface area contributed by atoms with Crippen molar-refractivity contribution in [3.8, 4) is 0 Å². The molecule has 1 unspecified atom stereocenters. The molecule has 0 aromatic rings. The SMILES string of the molecule is CCCCC/C=C\C/C=C\CCCCCCCCCC(=O)OCC(COC(=O)CCCCCCCCCCCCC/C=C\C/C=C\CCCCCCC)OC(=O)CCCCCCCCC/C=C\C/C=C\CCCCCC. The third-order valence-corrected chi connectivity index (χ3v) is 14.4. The van der Waals surface area contributed by atoms with E-state index in [0.717, 1.165) is 89.9 Å². The number of ether oxygens (including phenoxy) is 3. The maximum atomic E-state index is 12.9. The molecular weight excluding hydrogens is 937 g/mol. The number of carbonyl (C=O) groups excluding carboxylic acids is 3. The molecule has 1 atom stereocenters. The molecule has 440 valence electrons. The zero-order chi connectivity index (χ0) is 55.0. The first-order valence-electron chi connectivity index (χ1n) is 32.9. The Morgan fingerprint density at radius 1 is 0.263 bits per heavy atom. The molecular formula is C70H124O6. The maximum Gasteiger partial charge on any atom is 0.306 e. The molecule has 0 radical (unpaired) electrons. The first-order chi connectivity index (χ1) is 37.5. The van der Waals surface area contributed by atoms with Crippen LogP contribution in [0.25, 0.3) is 0 Å². The van der Waals surface area contributed by atoms with E-state index in [-0.39, 0.29) is 31.1 Å². The Morgan fingerprint density at radius 3 is 0.763 bits per heavy atom. The second kappa shape index (κ2) is 64.4. The zero-order valence-corrected chi connectivity index (χ0v) is 50.5. The summed E-state index contributed by atoms with van der Waals surface area (Å²) >= 11 is 0. The van der Waals surface area contributed by atoms with Gasteiger partial charge in [0.05, 0.1) is 0 Å². The normalized spacial score (nSPS) is 12.5. The van der Waals surface area contributed by atoms with Gasteiger partial charge in [0.15, 0.2) is 6.10 Å². The second-order valence-corrected chi connectivity index (χ2v) is 22.0. The average molecular weight is 1060 g/mol. The first kappa shape index (κ1) is 72.8. The maximum absolute atomic E-state index is 12.9. The van der Waals surface area contributed by atoms with Crippen LogP contribution in [0.2, 0.25) is 0 Å². The van der Waals surface area contributed by atoms with Crippen LogP contribution in [0.4, 0.5) is 0 Å². The highest BCUT2D eigenvalue weighted by molar-refractivity contribution is 5.71. The quantitative estimate of drug-likeness (QED) is 0.0261. The van der Waals surface area contributed by atoms with Crippen molar-refractivity contribution in [2.45, 2.75) is 341 Å². The topological polar surface area (TPSA) is 78.9 Å². The highest BCUT2D eigenvalue weighted by atomic mass is 16.6. The van der Waals surface area contributed by atoms with Gasteiger partial charge in [-0.2, -0.15) is 0 Å². The minimum absolute atomic E-state index is 0.0809. The highest BCUT2D eigenvalue weighted by Gasteiger charge is 2.19. The summed E-state index contributed by atoms with van der Waals surface area (Å²) in [6.45, 7) is 6.61. The molecule has 0 N–H and O–H groups in total. The van der Waals surface area contributed by atoms with E-state index in [0.29, 0.717) is 19.3 Å². The number of unbranched alkanes of at least 4 members (excludes halogenated alkanes) is 37. The number of allylic oxidation sites excluding steroid dienone is 12. The van der Waals surface area contributed by atoms with Crippen molar-refractivity contribution >= 4 is 17.9 Å². The van der Waals surface area contributed by atoms with Crippen LogP contribution in [0, 0.1) is 0 Å². The van der Waals surface area contributed by atoms with Crippen molar-refractivity contribution in [1.29, 1.82) is 0 Å². The molecule has 0 fully saturated rings. The van der Waals surface area contributed by atoms with E-state index in [1.165, 1.54) is 205 Å². The van der Waals surface area contributed by atoms with E-state index >= 15 is 0 Å². The van der Waals surface area contributed by atoms with E-state index < -0.39 is 6.10 Å². The van der Waals surface area contributed by atoms with Crippen molar-refractivity contribution in [2.75, 3.05) is 13.2 Å². The molecule has 0 amide bonds. The second-order valence-electron chi connectivity index (χ2n) is 22.0. The van der Waals surface area contributed by atoms with Crippen LogP contribution in [0.1, 0.15) is 335 Å². The van der Waals surface area contributed by atoms with Crippen LogP contribution in [0.5, 0.6) is 0 Å². The van der Waals surface area contributed by atoms with Gasteiger partial charge in [0.1, 0.15) is 13.2 Å². The minimum atomic E-state index is -0.785. The van der Waals surface area contributed by atoms with E-state index in [1.54, 1.807) is 0 Å². The first-order valence-corrected chi connectivity index (χ1v) is 32.9. The Balaban J connectivity index is 4.37. The van der Waals surface area contributed by atoms with Crippen LogP contribution >= 0.6 is 0 Å². The van der Waals surface area contributed by atoms with Crippen molar-refractivity contribution in [3.63, 3.8) is 0 Å². The predicted octanol–water partition coefficient (Wildman–Crippen LogP) is 22.5. The van der Waals surface area contributed by atoms with Gasteiger partial charge in [-0.1, -0.05) is 273 Å². The number of hydrogen-bond acceptors (Lipinski definition) is 6. The van der Waals surface area contributed by atoms with Gasteiger partial charge in [0, 0.05) is 19.3 Å². The van der Waals surface area contributed by atoms with Crippen LogP contribution in [0.15, 0.2) is 72.9 Å². The number of esters is 3. The lowest BCUT2D eigenvalue weighted by Gasteiger charge is -2.18.